The van der Waals surface area contributed by atoms with E-state index in [1.807, 2.05) is 0 Å². The largest absolute Gasteiger partial charge is 0.457 e. The number of imide groups is 2. The zero-order chi connectivity index (χ0) is 27.8. The Morgan fingerprint density at radius 2 is 1.48 bits per heavy atom. The van der Waals surface area contributed by atoms with Gasteiger partial charge in [0.25, 0.3) is 23.6 Å². The summed E-state index contributed by atoms with van der Waals surface area (Å²) in [5.41, 5.74) is 1.74. The van der Waals surface area contributed by atoms with Crippen LogP contribution >= 0.6 is 0 Å². The van der Waals surface area contributed by atoms with Crippen LogP contribution in [0.25, 0.3) is 0 Å². The van der Waals surface area contributed by atoms with E-state index in [0.29, 0.717) is 40.5 Å². The lowest BCUT2D eigenvalue weighted by Crippen LogP contribution is -2.36. The first-order valence-electron chi connectivity index (χ1n) is 13.0. The fraction of sp³-hybridized carbons (Fsp3) is 0.233. The van der Waals surface area contributed by atoms with Gasteiger partial charge in [0.1, 0.15) is 11.5 Å². The molecule has 0 bridgehead atoms. The Bertz CT molecular complexity index is 1530. The lowest BCUT2D eigenvalue weighted by Gasteiger charge is -2.17. The number of ether oxygens (including phenoxy) is 2. The molecule has 0 saturated carbocycles. The van der Waals surface area contributed by atoms with Crippen molar-refractivity contribution < 1.29 is 33.4 Å². The van der Waals surface area contributed by atoms with Crippen LogP contribution in [0, 0.1) is 0 Å². The zero-order valence-corrected chi connectivity index (χ0v) is 21.4. The number of nitrogens with one attached hydrogen (secondary N) is 1. The first kappa shape index (κ1) is 25.4. The fourth-order valence-electron chi connectivity index (χ4n) is 5.14. The second-order valence-corrected chi connectivity index (χ2v) is 9.80. The lowest BCUT2D eigenvalue weighted by molar-refractivity contribution is -0.116. The van der Waals surface area contributed by atoms with E-state index in [1.54, 1.807) is 66.7 Å². The molecule has 10 heteroatoms. The predicted octanol–water partition coefficient (Wildman–Crippen LogP) is 3.88. The summed E-state index contributed by atoms with van der Waals surface area (Å²) in [5, 5.41) is 2.75. The minimum Gasteiger partial charge on any atom is -0.457 e. The topological polar surface area (TPSA) is 122 Å². The summed E-state index contributed by atoms with van der Waals surface area (Å²) in [5.74, 6) is -1.13. The number of nitrogens with zero attached hydrogens (tertiary/aromatic N) is 2. The predicted molar refractivity (Wildman–Crippen MR) is 142 cm³/mol. The molecule has 1 saturated heterocycles. The van der Waals surface area contributed by atoms with Crippen LogP contribution in [0.4, 0.5) is 5.69 Å². The molecule has 3 heterocycles. The van der Waals surface area contributed by atoms with Gasteiger partial charge in [0.05, 0.1) is 34.9 Å². The van der Waals surface area contributed by atoms with Gasteiger partial charge < -0.3 is 14.8 Å². The first-order chi connectivity index (χ1) is 19.4. The fourth-order valence-corrected chi connectivity index (χ4v) is 5.14. The van der Waals surface area contributed by atoms with Gasteiger partial charge in [0.15, 0.2) is 0 Å². The van der Waals surface area contributed by atoms with Gasteiger partial charge in [-0.2, -0.15) is 0 Å². The summed E-state index contributed by atoms with van der Waals surface area (Å²) in [7, 11) is 0. The highest BCUT2D eigenvalue weighted by atomic mass is 16.5. The smallest absolute Gasteiger partial charge is 0.261 e. The number of carbonyl (C=O) groups is 5. The Hall–Kier alpha value is -4.83. The van der Waals surface area contributed by atoms with E-state index < -0.39 is 11.8 Å². The lowest BCUT2D eigenvalue weighted by atomic mass is 10.1. The molecule has 10 nitrogen and oxygen atoms in total. The van der Waals surface area contributed by atoms with Crippen LogP contribution in [0.5, 0.6) is 11.5 Å². The molecule has 0 aromatic heterocycles. The number of amides is 5. The number of fused-ring (bicyclic) bond motifs is 2. The van der Waals surface area contributed by atoms with Gasteiger partial charge in [0, 0.05) is 31.3 Å². The monoisotopic (exact) mass is 539 g/mol. The zero-order valence-electron chi connectivity index (χ0n) is 21.4. The van der Waals surface area contributed by atoms with Crippen LogP contribution in [0.3, 0.4) is 0 Å². The molecule has 0 radical (unpaired) electrons. The summed E-state index contributed by atoms with van der Waals surface area (Å²) in [6.45, 7) is 0.829. The number of rotatable bonds is 8. The van der Waals surface area contributed by atoms with Gasteiger partial charge in [-0.3, -0.25) is 33.8 Å². The summed E-state index contributed by atoms with van der Waals surface area (Å²) < 4.78 is 11.5. The van der Waals surface area contributed by atoms with E-state index in [1.165, 1.54) is 4.90 Å². The standard InChI is InChI=1S/C30H25N3O7/c34-26(12-13-32-27(35)22-8-1-2-9-23(22)28(32)36)31-18-5-3-6-19(15-18)40-20-10-11-24-25(16-20)30(38)33(29(24)37)17-21-7-4-14-39-21/h1-3,5-6,8-11,15-16,21H,4,7,12-14,17H2,(H,31,34). The van der Waals surface area contributed by atoms with Crippen molar-refractivity contribution in [1.29, 1.82) is 0 Å². The maximum atomic E-state index is 12.9. The van der Waals surface area contributed by atoms with Crippen LogP contribution in [0.1, 0.15) is 60.7 Å². The van der Waals surface area contributed by atoms with Gasteiger partial charge in [0.2, 0.25) is 5.91 Å². The average molecular weight is 540 g/mol. The number of anilines is 1. The number of hydrogen-bond acceptors (Lipinski definition) is 7. The van der Waals surface area contributed by atoms with E-state index >= 15 is 0 Å². The molecule has 202 valence electrons. The Kier molecular flexibility index (Phi) is 6.61. The van der Waals surface area contributed by atoms with Crippen molar-refractivity contribution in [3.63, 3.8) is 0 Å². The summed E-state index contributed by atoms with van der Waals surface area (Å²) >= 11 is 0. The third kappa shape index (κ3) is 4.73. The molecule has 1 unspecified atom stereocenters. The van der Waals surface area contributed by atoms with E-state index in [-0.39, 0.29) is 48.9 Å². The molecule has 3 aromatic carbocycles. The third-order valence-electron chi connectivity index (χ3n) is 7.15. The maximum Gasteiger partial charge on any atom is 0.261 e. The first-order valence-corrected chi connectivity index (χ1v) is 13.0. The van der Waals surface area contributed by atoms with Crippen LogP contribution < -0.4 is 10.1 Å². The van der Waals surface area contributed by atoms with E-state index in [0.717, 1.165) is 17.7 Å². The molecule has 0 spiro atoms. The molecule has 0 aliphatic carbocycles. The Balaban J connectivity index is 1.07. The van der Waals surface area contributed by atoms with Crippen molar-refractivity contribution in [2.45, 2.75) is 25.4 Å². The Morgan fingerprint density at radius 1 is 0.800 bits per heavy atom. The van der Waals surface area contributed by atoms with Crippen molar-refractivity contribution in [2.24, 2.45) is 0 Å². The van der Waals surface area contributed by atoms with Crippen LogP contribution in [0.2, 0.25) is 0 Å². The maximum absolute atomic E-state index is 12.9. The normalized spacial score (nSPS) is 17.9. The molecule has 5 amide bonds. The van der Waals surface area contributed by atoms with Crippen molar-refractivity contribution in [2.75, 3.05) is 25.0 Å². The van der Waals surface area contributed by atoms with E-state index in [4.69, 9.17) is 9.47 Å². The molecule has 1 N–H and O–H groups in total. The SMILES string of the molecule is O=C(CCN1C(=O)c2ccccc2C1=O)Nc1cccc(Oc2ccc3c(c2)C(=O)N(CC2CCCO2)C3=O)c1. The third-order valence-corrected chi connectivity index (χ3v) is 7.15. The van der Waals surface area contributed by atoms with Crippen molar-refractivity contribution >= 4 is 35.2 Å². The number of carbonyl (C=O) groups excluding carboxylic acids is 5. The molecule has 6 rings (SSSR count). The number of benzene rings is 3. The van der Waals surface area contributed by atoms with Gasteiger partial charge >= 0.3 is 0 Å². The summed E-state index contributed by atoms with van der Waals surface area (Å²) in [4.78, 5) is 65.6. The summed E-state index contributed by atoms with van der Waals surface area (Å²) in [6.07, 6.45) is 1.53. The Morgan fingerprint density at radius 3 is 2.20 bits per heavy atom. The minimum atomic E-state index is -0.409. The molecule has 40 heavy (non-hydrogen) atoms. The van der Waals surface area contributed by atoms with Gasteiger partial charge in [-0.25, -0.2) is 0 Å². The van der Waals surface area contributed by atoms with E-state index in [9.17, 15) is 24.0 Å². The minimum absolute atomic E-state index is 0.0415. The van der Waals surface area contributed by atoms with Crippen molar-refractivity contribution in [3.8, 4) is 11.5 Å². The quantitative estimate of drug-likeness (QED) is 0.431. The number of hydrogen-bond donors (Lipinski definition) is 1. The van der Waals surface area contributed by atoms with Crippen LogP contribution in [0.15, 0.2) is 66.7 Å². The highest BCUT2D eigenvalue weighted by Crippen LogP contribution is 2.31. The molecular formula is C30H25N3O7. The van der Waals surface area contributed by atoms with E-state index in [2.05, 4.69) is 5.32 Å². The molecule has 1 fully saturated rings. The average Bonchev–Trinajstić information content (AvgIpc) is 3.62. The molecule has 3 aliphatic rings. The van der Waals surface area contributed by atoms with Gasteiger partial charge in [-0.15, -0.1) is 0 Å². The highest BCUT2D eigenvalue weighted by molar-refractivity contribution is 6.22. The van der Waals surface area contributed by atoms with Crippen LogP contribution in [-0.4, -0.2) is 65.1 Å². The highest BCUT2D eigenvalue weighted by Gasteiger charge is 2.38. The van der Waals surface area contributed by atoms with Crippen molar-refractivity contribution in [1.82, 2.24) is 9.80 Å². The second kappa shape index (κ2) is 10.4. The van der Waals surface area contributed by atoms with Gasteiger partial charge in [-0.05, 0) is 55.3 Å². The Labute approximate surface area is 229 Å². The van der Waals surface area contributed by atoms with Crippen LogP contribution in [-0.2, 0) is 9.53 Å². The molecule has 1 atom stereocenters. The summed E-state index contributed by atoms with van der Waals surface area (Å²) in [6, 6.07) is 18.0. The van der Waals surface area contributed by atoms with Gasteiger partial charge in [-0.1, -0.05) is 18.2 Å². The molecule has 3 aromatic rings. The molecular weight excluding hydrogens is 514 g/mol. The van der Waals surface area contributed by atoms with Crippen molar-refractivity contribution in [3.05, 3.63) is 89.0 Å². The second-order valence-electron chi connectivity index (χ2n) is 9.80. The molecule has 3 aliphatic heterocycles.